The number of H-pyrrole nitrogens is 1. The van der Waals surface area contributed by atoms with E-state index in [4.69, 9.17) is 4.74 Å². The Kier molecular flexibility index (Phi) is 3.91. The van der Waals surface area contributed by atoms with Crippen LogP contribution in [-0.2, 0) is 9.53 Å². The van der Waals surface area contributed by atoms with Crippen LogP contribution in [0.2, 0.25) is 0 Å². The maximum absolute atomic E-state index is 11.5. The normalized spacial score (nSPS) is 11.2. The van der Waals surface area contributed by atoms with Gasteiger partial charge in [-0.2, -0.15) is 0 Å². The van der Waals surface area contributed by atoms with Crippen LogP contribution in [0, 0.1) is 5.41 Å². The van der Waals surface area contributed by atoms with Gasteiger partial charge in [0.2, 0.25) is 0 Å². The van der Waals surface area contributed by atoms with Crippen LogP contribution in [0.15, 0.2) is 16.7 Å². The van der Waals surface area contributed by atoms with Crippen molar-refractivity contribution < 1.29 is 14.3 Å². The number of rotatable bonds is 3. The fraction of sp³-hybridized carbons (Fsp3) is 0.455. The Morgan fingerprint density at radius 3 is 2.50 bits per heavy atom. The zero-order chi connectivity index (χ0) is 12.3. The number of ether oxygens (including phenoxy) is 1. The molecule has 88 valence electrons. The monoisotopic (exact) mass is 287 g/mol. The van der Waals surface area contributed by atoms with E-state index in [-0.39, 0.29) is 12.4 Å². The molecule has 0 saturated carbocycles. The highest BCUT2D eigenvalue weighted by Gasteiger charge is 2.22. The average molecular weight is 288 g/mol. The summed E-state index contributed by atoms with van der Waals surface area (Å²) in [5.74, 6) is -0.630. The van der Waals surface area contributed by atoms with Gasteiger partial charge in [0.25, 0.3) is 0 Å². The molecule has 0 amide bonds. The lowest BCUT2D eigenvalue weighted by Crippen LogP contribution is -2.26. The van der Waals surface area contributed by atoms with Gasteiger partial charge in [0.15, 0.2) is 12.4 Å². The number of ketones is 1. The number of carbonyl (C=O) groups excluding carboxylic acids is 2. The zero-order valence-electron chi connectivity index (χ0n) is 9.46. The minimum atomic E-state index is -0.525. The number of esters is 1. The molecule has 0 aromatic carbocycles. The molecular formula is C11H14BrNO3. The Bertz CT molecular complexity index is 404. The summed E-state index contributed by atoms with van der Waals surface area (Å²) in [5.41, 5.74) is -0.162. The molecule has 0 radical (unpaired) electrons. The topological polar surface area (TPSA) is 59.2 Å². The molecular weight excluding hydrogens is 274 g/mol. The third kappa shape index (κ3) is 3.48. The smallest absolute Gasteiger partial charge is 0.355 e. The predicted octanol–water partition coefficient (Wildman–Crippen LogP) is 2.55. The van der Waals surface area contributed by atoms with Crippen LogP contribution >= 0.6 is 15.9 Å². The molecule has 0 saturated heterocycles. The van der Waals surface area contributed by atoms with Gasteiger partial charge in [0, 0.05) is 16.1 Å². The summed E-state index contributed by atoms with van der Waals surface area (Å²) >= 11 is 3.21. The van der Waals surface area contributed by atoms with E-state index in [1.165, 1.54) is 0 Å². The summed E-state index contributed by atoms with van der Waals surface area (Å²) in [5, 5.41) is 0. The first-order valence-electron chi connectivity index (χ1n) is 4.85. The van der Waals surface area contributed by atoms with Gasteiger partial charge in [-0.05, 0) is 22.0 Å². The first-order chi connectivity index (χ1) is 7.30. The summed E-state index contributed by atoms with van der Waals surface area (Å²) < 4.78 is 5.65. The van der Waals surface area contributed by atoms with E-state index < -0.39 is 11.4 Å². The van der Waals surface area contributed by atoms with Gasteiger partial charge in [-0.15, -0.1) is 0 Å². The molecule has 1 heterocycles. The number of nitrogens with one attached hydrogen (secondary N) is 1. The third-order valence-electron chi connectivity index (χ3n) is 2.04. The highest BCUT2D eigenvalue weighted by atomic mass is 79.9. The second kappa shape index (κ2) is 4.82. The third-order valence-corrected chi connectivity index (χ3v) is 2.50. The summed E-state index contributed by atoms with van der Waals surface area (Å²) in [7, 11) is 0. The average Bonchev–Trinajstić information content (AvgIpc) is 2.59. The van der Waals surface area contributed by atoms with Crippen molar-refractivity contribution in [2.24, 2.45) is 5.41 Å². The highest BCUT2D eigenvalue weighted by Crippen LogP contribution is 2.15. The SMILES string of the molecule is CC(C)(C)C(=O)COC(=O)c1cc(Br)c[nH]1. The number of aromatic amines is 1. The fourth-order valence-electron chi connectivity index (χ4n) is 0.911. The van der Waals surface area contributed by atoms with Crippen molar-refractivity contribution in [1.82, 2.24) is 4.98 Å². The van der Waals surface area contributed by atoms with Gasteiger partial charge < -0.3 is 9.72 Å². The van der Waals surface area contributed by atoms with Gasteiger partial charge in [0.1, 0.15) is 5.69 Å². The van der Waals surface area contributed by atoms with Crippen molar-refractivity contribution in [3.63, 3.8) is 0 Å². The molecule has 16 heavy (non-hydrogen) atoms. The molecule has 0 aliphatic carbocycles. The van der Waals surface area contributed by atoms with E-state index >= 15 is 0 Å². The molecule has 0 bridgehead atoms. The van der Waals surface area contributed by atoms with Gasteiger partial charge in [0.05, 0.1) is 0 Å². The molecule has 0 atom stereocenters. The van der Waals surface area contributed by atoms with Gasteiger partial charge >= 0.3 is 5.97 Å². The Labute approximate surface area is 102 Å². The molecule has 0 spiro atoms. The van der Waals surface area contributed by atoms with E-state index in [1.54, 1.807) is 33.0 Å². The van der Waals surface area contributed by atoms with Crippen molar-refractivity contribution in [2.45, 2.75) is 20.8 Å². The van der Waals surface area contributed by atoms with Crippen LogP contribution in [0.4, 0.5) is 0 Å². The van der Waals surface area contributed by atoms with E-state index in [1.807, 2.05) is 0 Å². The number of carbonyl (C=O) groups is 2. The molecule has 1 aromatic rings. The first-order valence-corrected chi connectivity index (χ1v) is 5.64. The number of Topliss-reactive ketones (excluding diaryl/α,β-unsaturated/α-hetero) is 1. The number of hydrogen-bond donors (Lipinski definition) is 1. The molecule has 0 unspecified atom stereocenters. The summed E-state index contributed by atoms with van der Waals surface area (Å²) in [6.07, 6.45) is 1.63. The summed E-state index contributed by atoms with van der Waals surface area (Å²) in [6, 6.07) is 1.60. The number of halogens is 1. The lowest BCUT2D eigenvalue weighted by molar-refractivity contribution is -0.129. The first kappa shape index (κ1) is 13.0. The molecule has 5 heteroatoms. The lowest BCUT2D eigenvalue weighted by atomic mass is 9.91. The second-order valence-corrected chi connectivity index (χ2v) is 5.40. The Balaban J connectivity index is 2.51. The van der Waals surface area contributed by atoms with Crippen molar-refractivity contribution in [2.75, 3.05) is 6.61 Å². The molecule has 1 rings (SSSR count). The van der Waals surface area contributed by atoms with Crippen LogP contribution in [0.1, 0.15) is 31.3 Å². The van der Waals surface area contributed by atoms with Gasteiger partial charge in [-0.1, -0.05) is 20.8 Å². The van der Waals surface area contributed by atoms with Gasteiger partial charge in [-0.3, -0.25) is 4.79 Å². The Morgan fingerprint density at radius 2 is 2.06 bits per heavy atom. The largest absolute Gasteiger partial charge is 0.453 e. The predicted molar refractivity (Wildman–Crippen MR) is 63.2 cm³/mol. The van der Waals surface area contributed by atoms with E-state index in [0.717, 1.165) is 4.47 Å². The second-order valence-electron chi connectivity index (χ2n) is 4.48. The van der Waals surface area contributed by atoms with Crippen molar-refractivity contribution >= 4 is 27.7 Å². The Hall–Kier alpha value is -1.10. The minimum Gasteiger partial charge on any atom is -0.453 e. The summed E-state index contributed by atoms with van der Waals surface area (Å²) in [6.45, 7) is 5.16. The number of aromatic nitrogens is 1. The molecule has 0 aliphatic rings. The summed E-state index contributed by atoms with van der Waals surface area (Å²) in [4.78, 5) is 25.7. The van der Waals surface area contributed by atoms with Crippen LogP contribution < -0.4 is 0 Å². The van der Waals surface area contributed by atoms with Crippen molar-refractivity contribution in [3.8, 4) is 0 Å². The zero-order valence-corrected chi connectivity index (χ0v) is 11.1. The highest BCUT2D eigenvalue weighted by molar-refractivity contribution is 9.10. The fourth-order valence-corrected chi connectivity index (χ4v) is 1.25. The molecule has 0 fully saturated rings. The number of hydrogen-bond acceptors (Lipinski definition) is 3. The van der Waals surface area contributed by atoms with Crippen molar-refractivity contribution in [3.05, 3.63) is 22.4 Å². The Morgan fingerprint density at radius 1 is 1.44 bits per heavy atom. The van der Waals surface area contributed by atoms with Crippen LogP contribution in [-0.4, -0.2) is 23.3 Å². The standard InChI is InChI=1S/C11H14BrNO3/c1-11(2,3)9(14)6-16-10(15)8-4-7(12)5-13-8/h4-5,13H,6H2,1-3H3. The maximum atomic E-state index is 11.5. The van der Waals surface area contributed by atoms with Crippen molar-refractivity contribution in [1.29, 1.82) is 0 Å². The van der Waals surface area contributed by atoms with E-state index in [0.29, 0.717) is 5.69 Å². The molecule has 1 aromatic heterocycles. The maximum Gasteiger partial charge on any atom is 0.355 e. The molecule has 1 N–H and O–H groups in total. The van der Waals surface area contributed by atoms with Gasteiger partial charge in [-0.25, -0.2) is 4.79 Å². The molecule has 0 aliphatic heterocycles. The minimum absolute atomic E-state index is 0.105. The quantitative estimate of drug-likeness (QED) is 0.869. The van der Waals surface area contributed by atoms with Crippen LogP contribution in [0.5, 0.6) is 0 Å². The van der Waals surface area contributed by atoms with Crippen LogP contribution in [0.25, 0.3) is 0 Å². The van der Waals surface area contributed by atoms with Crippen LogP contribution in [0.3, 0.4) is 0 Å². The van der Waals surface area contributed by atoms with E-state index in [9.17, 15) is 9.59 Å². The molecule has 4 nitrogen and oxygen atoms in total. The lowest BCUT2D eigenvalue weighted by Gasteiger charge is -2.15. The van der Waals surface area contributed by atoms with E-state index in [2.05, 4.69) is 20.9 Å².